The van der Waals surface area contributed by atoms with Gasteiger partial charge in [-0.05, 0) is 37.3 Å². The van der Waals surface area contributed by atoms with E-state index in [1.54, 1.807) is 0 Å². The molecule has 1 saturated heterocycles. The second-order valence-corrected chi connectivity index (χ2v) is 9.76. The number of likely N-dealkylation sites (N-methyl/N-ethyl adjacent to an activating group) is 1. The topological polar surface area (TPSA) is 56.1 Å². The Kier molecular flexibility index (Phi) is 5.39. The Morgan fingerprint density at radius 1 is 1.24 bits per heavy atom. The van der Waals surface area contributed by atoms with E-state index < -0.39 is 5.97 Å². The fourth-order valence-electron chi connectivity index (χ4n) is 4.36. The molecule has 1 N–H and O–H groups in total. The number of hydrogen-bond acceptors (Lipinski definition) is 4. The fraction of sp³-hybridized carbons (Fsp3) is 0.800. The number of hydrogen-bond donors (Lipinski definition) is 1. The molecule has 0 spiro atoms. The van der Waals surface area contributed by atoms with E-state index in [1.165, 1.54) is 17.1 Å². The minimum Gasteiger partial charge on any atom is -0.480 e. The first-order chi connectivity index (χ1) is 11.3. The Morgan fingerprint density at radius 2 is 1.84 bits per heavy atom. The lowest BCUT2D eigenvalue weighted by Gasteiger charge is -2.41. The zero-order valence-electron chi connectivity index (χ0n) is 17.2. The Hall–Kier alpha value is -1.36. The number of aliphatic imine (C=N–C) groups is 1. The van der Waals surface area contributed by atoms with Crippen LogP contribution in [0.25, 0.3) is 0 Å². The van der Waals surface area contributed by atoms with Crippen LogP contribution in [0.5, 0.6) is 0 Å². The summed E-state index contributed by atoms with van der Waals surface area (Å²) in [6, 6.07) is 0.205. The zero-order chi connectivity index (χ0) is 19.2. The van der Waals surface area contributed by atoms with Gasteiger partial charge in [0, 0.05) is 24.2 Å². The number of carboxylic acid groups (broad SMARTS) is 1. The predicted octanol–water partition coefficient (Wildman–Crippen LogP) is 3.47. The molecule has 0 saturated carbocycles. The van der Waals surface area contributed by atoms with Gasteiger partial charge < -0.3 is 10.0 Å². The largest absolute Gasteiger partial charge is 0.480 e. The summed E-state index contributed by atoms with van der Waals surface area (Å²) < 4.78 is 0. The summed E-state index contributed by atoms with van der Waals surface area (Å²) in [5.74, 6) is 0.847. The molecule has 5 heteroatoms. The minimum atomic E-state index is -0.765. The molecular formula is C20H35N3O2. The van der Waals surface area contributed by atoms with Gasteiger partial charge in [-0.2, -0.15) is 0 Å². The lowest BCUT2D eigenvalue weighted by Crippen LogP contribution is -2.43. The molecule has 0 amide bonds. The van der Waals surface area contributed by atoms with Gasteiger partial charge in [0.05, 0.1) is 12.6 Å². The highest BCUT2D eigenvalue weighted by Gasteiger charge is 2.42. The lowest BCUT2D eigenvalue weighted by atomic mass is 9.79. The van der Waals surface area contributed by atoms with Gasteiger partial charge >= 0.3 is 5.97 Å². The molecule has 2 heterocycles. The van der Waals surface area contributed by atoms with E-state index in [4.69, 9.17) is 10.1 Å². The Labute approximate surface area is 152 Å². The first kappa shape index (κ1) is 20.0. The molecule has 0 aromatic rings. The summed E-state index contributed by atoms with van der Waals surface area (Å²) in [5, 5.41) is 9.02. The molecule has 142 valence electrons. The van der Waals surface area contributed by atoms with Crippen molar-refractivity contribution < 1.29 is 9.90 Å². The van der Waals surface area contributed by atoms with Crippen LogP contribution in [-0.2, 0) is 4.79 Å². The maximum atomic E-state index is 11.0. The third kappa shape index (κ3) is 4.43. The molecule has 5 nitrogen and oxygen atoms in total. The van der Waals surface area contributed by atoms with Crippen LogP contribution >= 0.6 is 0 Å². The first-order valence-electron chi connectivity index (χ1n) is 9.30. The number of fused-ring (bicyclic) bond motifs is 1. The van der Waals surface area contributed by atoms with Crippen molar-refractivity contribution in [3.8, 4) is 0 Å². The molecule has 0 aromatic carbocycles. The second-order valence-electron chi connectivity index (χ2n) is 9.76. The smallest absolute Gasteiger partial charge is 0.317 e. The van der Waals surface area contributed by atoms with Crippen molar-refractivity contribution in [1.82, 2.24) is 9.80 Å². The van der Waals surface area contributed by atoms with E-state index in [0.717, 1.165) is 19.5 Å². The van der Waals surface area contributed by atoms with Crippen molar-refractivity contribution in [3.63, 3.8) is 0 Å². The minimum absolute atomic E-state index is 0.00474. The number of aliphatic carboxylic acids is 1. The van der Waals surface area contributed by atoms with Crippen molar-refractivity contribution >= 4 is 11.8 Å². The standard InChI is InChI=1S/C20H35N3O2/c1-13-17(19(2,3)4)15-9-14(10-22(8)12-16(24)25)11-23(15)18(21-13)20(5,6)7/h13-14H,9-12H2,1-8H3,(H,24,25)/t13-,14?/m0/s1. The number of allylic oxidation sites excluding steroid dienone is 1. The molecule has 2 rings (SSSR count). The summed E-state index contributed by atoms with van der Waals surface area (Å²) in [5.41, 5.74) is 2.95. The van der Waals surface area contributed by atoms with Crippen LogP contribution in [0.1, 0.15) is 54.9 Å². The third-order valence-corrected chi connectivity index (χ3v) is 5.00. The molecule has 1 fully saturated rings. The number of rotatable bonds is 4. The first-order valence-corrected chi connectivity index (χ1v) is 9.30. The maximum absolute atomic E-state index is 11.0. The molecule has 2 aliphatic rings. The maximum Gasteiger partial charge on any atom is 0.317 e. The normalized spacial score (nSPS) is 24.7. The number of carboxylic acids is 1. The molecular weight excluding hydrogens is 314 g/mol. The molecule has 2 atom stereocenters. The summed E-state index contributed by atoms with van der Waals surface area (Å²) in [6.45, 7) is 17.5. The molecule has 2 aliphatic heterocycles. The molecule has 0 aromatic heterocycles. The number of amidine groups is 1. The van der Waals surface area contributed by atoms with Crippen LogP contribution in [0.4, 0.5) is 0 Å². The van der Waals surface area contributed by atoms with E-state index in [1.807, 2.05) is 11.9 Å². The van der Waals surface area contributed by atoms with E-state index >= 15 is 0 Å². The number of carbonyl (C=O) groups is 1. The summed E-state index contributed by atoms with van der Waals surface area (Å²) in [6.07, 6.45) is 1.01. The fourth-order valence-corrected chi connectivity index (χ4v) is 4.36. The molecule has 0 radical (unpaired) electrons. The van der Waals surface area contributed by atoms with Gasteiger partial charge in [-0.1, -0.05) is 41.5 Å². The van der Waals surface area contributed by atoms with E-state index in [0.29, 0.717) is 5.92 Å². The third-order valence-electron chi connectivity index (χ3n) is 5.00. The quantitative estimate of drug-likeness (QED) is 0.844. The van der Waals surface area contributed by atoms with Crippen LogP contribution in [0, 0.1) is 16.7 Å². The average molecular weight is 350 g/mol. The van der Waals surface area contributed by atoms with Gasteiger partial charge in [0.2, 0.25) is 0 Å². The predicted molar refractivity (Wildman–Crippen MR) is 103 cm³/mol. The van der Waals surface area contributed by atoms with Crippen LogP contribution in [-0.4, -0.2) is 59.4 Å². The summed E-state index contributed by atoms with van der Waals surface area (Å²) in [7, 11) is 1.89. The Balaban J connectivity index is 2.33. The Morgan fingerprint density at radius 3 is 2.32 bits per heavy atom. The monoisotopic (exact) mass is 349 g/mol. The highest BCUT2D eigenvalue weighted by Crippen LogP contribution is 2.44. The van der Waals surface area contributed by atoms with Gasteiger partial charge in [0.25, 0.3) is 0 Å². The van der Waals surface area contributed by atoms with Crippen LogP contribution in [0.15, 0.2) is 16.3 Å². The zero-order valence-corrected chi connectivity index (χ0v) is 17.2. The molecule has 1 unspecified atom stereocenters. The molecule has 0 bridgehead atoms. The van der Waals surface area contributed by atoms with Crippen LogP contribution in [0.3, 0.4) is 0 Å². The van der Waals surface area contributed by atoms with E-state index in [-0.39, 0.29) is 23.4 Å². The van der Waals surface area contributed by atoms with Crippen molar-refractivity contribution in [2.45, 2.75) is 60.9 Å². The highest BCUT2D eigenvalue weighted by molar-refractivity contribution is 5.90. The van der Waals surface area contributed by atoms with Crippen molar-refractivity contribution in [3.05, 3.63) is 11.3 Å². The van der Waals surface area contributed by atoms with Gasteiger partial charge in [-0.3, -0.25) is 14.7 Å². The van der Waals surface area contributed by atoms with Gasteiger partial charge in [-0.15, -0.1) is 0 Å². The van der Waals surface area contributed by atoms with E-state index in [2.05, 4.69) is 53.4 Å². The highest BCUT2D eigenvalue weighted by atomic mass is 16.4. The molecule has 0 aliphatic carbocycles. The van der Waals surface area contributed by atoms with E-state index in [9.17, 15) is 4.79 Å². The Bertz CT molecular complexity index is 593. The van der Waals surface area contributed by atoms with Crippen LogP contribution in [0.2, 0.25) is 0 Å². The molecule has 25 heavy (non-hydrogen) atoms. The lowest BCUT2D eigenvalue weighted by molar-refractivity contribution is -0.138. The van der Waals surface area contributed by atoms with Crippen LogP contribution < -0.4 is 0 Å². The van der Waals surface area contributed by atoms with Gasteiger partial charge in [0.1, 0.15) is 5.84 Å². The van der Waals surface area contributed by atoms with Gasteiger partial charge in [0.15, 0.2) is 0 Å². The van der Waals surface area contributed by atoms with Crippen molar-refractivity contribution in [1.29, 1.82) is 0 Å². The second kappa shape index (κ2) is 6.75. The average Bonchev–Trinajstić information content (AvgIpc) is 2.75. The van der Waals surface area contributed by atoms with Crippen molar-refractivity contribution in [2.75, 3.05) is 26.7 Å². The van der Waals surface area contributed by atoms with Crippen molar-refractivity contribution in [2.24, 2.45) is 21.7 Å². The summed E-state index contributed by atoms with van der Waals surface area (Å²) >= 11 is 0. The van der Waals surface area contributed by atoms with Gasteiger partial charge in [-0.25, -0.2) is 0 Å². The summed E-state index contributed by atoms with van der Waals surface area (Å²) in [4.78, 5) is 20.4. The SMILES string of the molecule is C[C@@H]1N=C(C(C)(C)C)N2CC(CN(C)CC(=O)O)CC2=C1C(C)(C)C. The number of nitrogens with zero attached hydrogens (tertiary/aromatic N) is 3.